The summed E-state index contributed by atoms with van der Waals surface area (Å²) in [6.07, 6.45) is 2.09. The maximum atomic E-state index is 8.88. The fourth-order valence-corrected chi connectivity index (χ4v) is 1.27. The molecule has 1 saturated carbocycles. The van der Waals surface area contributed by atoms with Crippen LogP contribution in [0.3, 0.4) is 0 Å². The molecule has 1 aliphatic carbocycles. The molecule has 2 nitrogen and oxygen atoms in total. The quantitative estimate of drug-likeness (QED) is 0.604. The van der Waals surface area contributed by atoms with Gasteiger partial charge in [0.05, 0.1) is 0 Å². The van der Waals surface area contributed by atoms with Gasteiger partial charge in [0.2, 0.25) is 0 Å². The van der Waals surface area contributed by atoms with Gasteiger partial charge in [-0.2, -0.15) is 0 Å². The lowest BCUT2D eigenvalue weighted by molar-refractivity contribution is 0.131. The summed E-state index contributed by atoms with van der Waals surface area (Å²) in [7, 11) is 0. The first-order valence-corrected chi connectivity index (χ1v) is 3.75. The third kappa shape index (κ3) is 1.96. The van der Waals surface area contributed by atoms with E-state index in [0.717, 1.165) is 0 Å². The first-order chi connectivity index (χ1) is 5.54. The number of aliphatic hydroxyl groups excluding tert-OH is 2. The van der Waals surface area contributed by atoms with Gasteiger partial charge in [0, 0.05) is 16.0 Å². The summed E-state index contributed by atoms with van der Waals surface area (Å²) in [5.41, 5.74) is 0. The summed E-state index contributed by atoms with van der Waals surface area (Å²) >= 11 is 0. The van der Waals surface area contributed by atoms with Crippen molar-refractivity contribution in [2.45, 2.75) is 25.7 Å². The third-order valence-electron chi connectivity index (χ3n) is 2.11. The molecule has 0 aromatic rings. The second-order valence-electron chi connectivity index (χ2n) is 2.82. The fourth-order valence-electron chi connectivity index (χ4n) is 1.27. The van der Waals surface area contributed by atoms with Gasteiger partial charge in [0.25, 0.3) is 0 Å². The van der Waals surface area contributed by atoms with Gasteiger partial charge in [-0.15, -0.1) is 0 Å². The molecular weight excluding hydrogens is 128 g/mol. The van der Waals surface area contributed by atoms with Crippen molar-refractivity contribution in [1.82, 2.24) is 0 Å². The van der Waals surface area contributed by atoms with Crippen molar-refractivity contribution >= 4 is 0 Å². The second-order valence-corrected chi connectivity index (χ2v) is 2.82. The van der Waals surface area contributed by atoms with Crippen molar-refractivity contribution in [2.75, 3.05) is 13.2 Å². The zero-order chi connectivity index (χ0) is 9.24. The maximum absolute atomic E-state index is 8.88. The van der Waals surface area contributed by atoms with E-state index < -0.39 is 11.8 Å². The van der Waals surface area contributed by atoms with E-state index >= 15 is 0 Å². The van der Waals surface area contributed by atoms with Crippen LogP contribution < -0.4 is 0 Å². The van der Waals surface area contributed by atoms with Crippen LogP contribution >= 0.6 is 0 Å². The van der Waals surface area contributed by atoms with E-state index in [4.69, 9.17) is 13.0 Å². The van der Waals surface area contributed by atoms with Crippen LogP contribution in [-0.2, 0) is 0 Å². The number of rotatable bonds is 2. The summed E-state index contributed by atoms with van der Waals surface area (Å²) in [5, 5.41) is 17.8. The predicted octanol–water partition coefficient (Wildman–Crippen LogP) is 0.777. The first kappa shape index (κ1) is 5.56. The Hall–Kier alpha value is -0.0800. The fraction of sp³-hybridized carbons (Fsp3) is 1.00. The number of hydrogen-bond acceptors (Lipinski definition) is 2. The van der Waals surface area contributed by atoms with E-state index in [1.807, 2.05) is 0 Å². The van der Waals surface area contributed by atoms with Gasteiger partial charge in [0.15, 0.2) is 0 Å². The normalized spacial score (nSPS) is 51.8. The van der Waals surface area contributed by atoms with Gasteiger partial charge in [-0.25, -0.2) is 0 Å². The van der Waals surface area contributed by atoms with E-state index in [-0.39, 0.29) is 13.2 Å². The van der Waals surface area contributed by atoms with E-state index in [2.05, 4.69) is 0 Å². The molecule has 0 atom stereocenters. The van der Waals surface area contributed by atoms with Gasteiger partial charge >= 0.3 is 0 Å². The summed E-state index contributed by atoms with van der Waals surface area (Å²) in [4.78, 5) is 0. The topological polar surface area (TPSA) is 40.5 Å². The Labute approximate surface area is 64.7 Å². The van der Waals surface area contributed by atoms with E-state index in [1.165, 1.54) is 0 Å². The highest BCUT2D eigenvalue weighted by molar-refractivity contribution is 4.70. The number of hydrogen-bond donors (Lipinski definition) is 2. The van der Waals surface area contributed by atoms with Crippen molar-refractivity contribution in [3.05, 3.63) is 0 Å². The molecule has 0 spiro atoms. The molecule has 0 aliphatic heterocycles. The average Bonchev–Trinajstić information content (AvgIpc) is 2.11. The molecule has 2 heteroatoms. The van der Waals surface area contributed by atoms with Crippen LogP contribution in [-0.4, -0.2) is 23.4 Å². The van der Waals surface area contributed by atoms with Crippen molar-refractivity contribution in [3.63, 3.8) is 0 Å². The van der Waals surface area contributed by atoms with Crippen LogP contribution in [0.1, 0.15) is 28.4 Å². The van der Waals surface area contributed by atoms with E-state index in [9.17, 15) is 0 Å². The van der Waals surface area contributed by atoms with Crippen LogP contribution in [0.2, 0.25) is 0 Å². The second kappa shape index (κ2) is 3.94. The summed E-state index contributed by atoms with van der Waals surface area (Å²) < 4.78 is 15.4. The molecule has 10 heavy (non-hydrogen) atoms. The largest absolute Gasteiger partial charge is 0.396 e. The molecule has 1 fully saturated rings. The monoisotopic (exact) mass is 146 g/mol. The van der Waals surface area contributed by atoms with Crippen LogP contribution in [0.25, 0.3) is 0 Å². The lowest BCUT2D eigenvalue weighted by Gasteiger charge is -2.25. The lowest BCUT2D eigenvalue weighted by Crippen LogP contribution is -2.19. The Morgan fingerprint density at radius 1 is 1.00 bits per heavy atom. The molecule has 0 unspecified atom stereocenters. The average molecular weight is 146 g/mol. The van der Waals surface area contributed by atoms with Crippen LogP contribution in [0.5, 0.6) is 0 Å². The van der Waals surface area contributed by atoms with Crippen molar-refractivity contribution in [2.24, 2.45) is 11.8 Å². The molecule has 2 N–H and O–H groups in total. The highest BCUT2D eigenvalue weighted by Crippen LogP contribution is 2.27. The van der Waals surface area contributed by atoms with Crippen LogP contribution in [0, 0.1) is 11.8 Å². The molecule has 1 rings (SSSR count). The number of aliphatic hydroxyl groups is 2. The lowest BCUT2D eigenvalue weighted by atomic mass is 9.83. The molecule has 0 aromatic carbocycles. The molecule has 0 bridgehead atoms. The van der Waals surface area contributed by atoms with Gasteiger partial charge in [0.1, 0.15) is 0 Å². The molecule has 0 radical (unpaired) electrons. The van der Waals surface area contributed by atoms with Gasteiger partial charge in [-0.3, -0.25) is 0 Å². The molecule has 0 heterocycles. The first-order valence-electron chi connectivity index (χ1n) is 4.75. The zero-order valence-corrected chi connectivity index (χ0v) is 6.14. The van der Waals surface area contributed by atoms with Crippen LogP contribution in [0.4, 0.5) is 0 Å². The molecule has 1 aliphatic rings. The molecule has 0 amide bonds. The van der Waals surface area contributed by atoms with Gasteiger partial charge < -0.3 is 10.2 Å². The summed E-state index contributed by atoms with van der Waals surface area (Å²) in [6.45, 7) is -0.261. The predicted molar refractivity (Wildman–Crippen MR) is 39.6 cm³/mol. The Balaban J connectivity index is 2.49. The van der Waals surface area contributed by atoms with E-state index in [0.29, 0.717) is 25.7 Å². The summed E-state index contributed by atoms with van der Waals surface area (Å²) in [5.74, 6) is -1.50. The standard InChI is InChI=1S/C8H16O2/c9-5-7-1-2-8(6-10)4-3-7/h7-10H,1-6H2/i7D,8D. The minimum atomic E-state index is -0.750. The van der Waals surface area contributed by atoms with Crippen molar-refractivity contribution < 1.29 is 13.0 Å². The van der Waals surface area contributed by atoms with Gasteiger partial charge in [-0.1, -0.05) is 0 Å². The smallest absolute Gasteiger partial charge is 0.0459 e. The molecular formula is C8H16O2. The summed E-state index contributed by atoms with van der Waals surface area (Å²) in [6, 6.07) is 0. The molecule has 0 aromatic heterocycles. The zero-order valence-electron chi connectivity index (χ0n) is 8.14. The molecule has 60 valence electrons. The van der Waals surface area contributed by atoms with Gasteiger partial charge in [-0.05, 0) is 37.5 Å². The highest BCUT2D eigenvalue weighted by atomic mass is 16.3. The Morgan fingerprint density at radius 3 is 1.50 bits per heavy atom. The SMILES string of the molecule is [2H]C1(CO)CCC([2H])(CO)CC1. The van der Waals surface area contributed by atoms with Crippen molar-refractivity contribution in [3.8, 4) is 0 Å². The Kier molecular flexibility index (Phi) is 2.19. The van der Waals surface area contributed by atoms with E-state index in [1.54, 1.807) is 0 Å². The molecule has 0 saturated heterocycles. The van der Waals surface area contributed by atoms with Crippen molar-refractivity contribution in [1.29, 1.82) is 0 Å². The Morgan fingerprint density at radius 2 is 1.30 bits per heavy atom. The van der Waals surface area contributed by atoms with Crippen LogP contribution in [0.15, 0.2) is 0 Å². The third-order valence-corrected chi connectivity index (χ3v) is 2.11. The maximum Gasteiger partial charge on any atom is 0.0459 e. The Bertz CT molecular complexity index is 135. The minimum absolute atomic E-state index is 0.130. The minimum Gasteiger partial charge on any atom is -0.396 e. The highest BCUT2D eigenvalue weighted by Gasteiger charge is 2.19.